The van der Waals surface area contributed by atoms with E-state index in [4.69, 9.17) is 0 Å². The maximum atomic E-state index is 13.6. The number of aliphatic hydroxyl groups excluding tert-OH is 1. The smallest absolute Gasteiger partial charge is 0.392 e. The minimum Gasteiger partial charge on any atom is -0.392 e. The molecule has 4 N–H and O–H groups in total. The molecule has 11 heteroatoms. The first-order chi connectivity index (χ1) is 18.1. The summed E-state index contributed by atoms with van der Waals surface area (Å²) in [7, 11) is 0. The number of halogens is 3. The second-order valence-electron chi connectivity index (χ2n) is 8.60. The van der Waals surface area contributed by atoms with Gasteiger partial charge < -0.3 is 21.1 Å². The van der Waals surface area contributed by atoms with E-state index in [1.165, 1.54) is 19.1 Å². The summed E-state index contributed by atoms with van der Waals surface area (Å²) in [6.45, 7) is 3.25. The summed E-state index contributed by atoms with van der Waals surface area (Å²) in [5.41, 5.74) is 1.92. The van der Waals surface area contributed by atoms with E-state index in [-0.39, 0.29) is 23.5 Å². The minimum atomic E-state index is -4.66. The van der Waals surface area contributed by atoms with Crippen LogP contribution in [0.15, 0.2) is 73.2 Å². The third-order valence-electron chi connectivity index (χ3n) is 5.53. The number of nitrogens with one attached hydrogen (secondary N) is 3. The number of rotatable bonds is 8. The monoisotopic (exact) mass is 522 g/mol. The molecule has 2 heterocycles. The van der Waals surface area contributed by atoms with Crippen molar-refractivity contribution in [3.8, 4) is 11.3 Å². The molecule has 0 saturated heterocycles. The van der Waals surface area contributed by atoms with E-state index in [1.54, 1.807) is 48.9 Å². The molecule has 0 radical (unpaired) electrons. The Hall–Kier alpha value is -4.51. The normalized spacial score (nSPS) is 12.1. The highest BCUT2D eigenvalue weighted by molar-refractivity contribution is 6.05. The zero-order valence-electron chi connectivity index (χ0n) is 20.5. The Morgan fingerprint density at radius 2 is 1.87 bits per heavy atom. The van der Waals surface area contributed by atoms with Gasteiger partial charge in [-0.1, -0.05) is 6.07 Å². The summed E-state index contributed by atoms with van der Waals surface area (Å²) >= 11 is 0. The molecule has 4 rings (SSSR count). The molecule has 0 fully saturated rings. The molecule has 1 amide bonds. The van der Waals surface area contributed by atoms with Crippen LogP contribution in [0.3, 0.4) is 0 Å². The Morgan fingerprint density at radius 3 is 2.58 bits per heavy atom. The molecule has 0 aliphatic rings. The van der Waals surface area contributed by atoms with Crippen LogP contribution in [0, 0.1) is 6.92 Å². The van der Waals surface area contributed by atoms with Crippen molar-refractivity contribution in [2.24, 2.45) is 0 Å². The zero-order chi connectivity index (χ0) is 27.3. The van der Waals surface area contributed by atoms with E-state index < -0.39 is 23.8 Å². The molecule has 1 unspecified atom stereocenters. The Balaban J connectivity index is 1.54. The van der Waals surface area contributed by atoms with E-state index in [0.717, 1.165) is 17.2 Å². The van der Waals surface area contributed by atoms with Gasteiger partial charge in [0.05, 0.1) is 17.4 Å². The van der Waals surface area contributed by atoms with Crippen LogP contribution in [-0.2, 0) is 6.18 Å². The van der Waals surface area contributed by atoms with Gasteiger partial charge in [0.15, 0.2) is 0 Å². The lowest BCUT2D eigenvalue weighted by Crippen LogP contribution is -2.19. The van der Waals surface area contributed by atoms with E-state index in [9.17, 15) is 23.1 Å². The molecule has 0 aliphatic carbocycles. The van der Waals surface area contributed by atoms with Crippen molar-refractivity contribution < 1.29 is 23.1 Å². The summed E-state index contributed by atoms with van der Waals surface area (Å²) in [6.07, 6.45) is -0.545. The molecule has 0 saturated carbocycles. The highest BCUT2D eigenvalue weighted by Crippen LogP contribution is 2.36. The number of aliphatic hydroxyl groups is 1. The SMILES string of the molecule is Cc1ccc(C(=O)Nc2ccc(NCC(C)O)c(C(F)(F)F)c2)cc1Nc1nccc(-c2cccnc2)n1. The zero-order valence-corrected chi connectivity index (χ0v) is 20.5. The standard InChI is InChI=1S/C27H25F3N6O2/c1-16-5-6-18(12-24(16)36-26-32-11-9-22(35-26)19-4-3-10-31-15-19)25(38)34-20-7-8-23(33-14-17(2)37)21(13-20)27(28,29)30/h3-13,15,17,33,37H,14H2,1-2H3,(H,34,38)(H,32,35,36). The maximum Gasteiger partial charge on any atom is 0.418 e. The van der Waals surface area contributed by atoms with Gasteiger partial charge in [-0.15, -0.1) is 0 Å². The fourth-order valence-electron chi connectivity index (χ4n) is 3.58. The molecule has 2 aromatic heterocycles. The predicted octanol–water partition coefficient (Wildman–Crippen LogP) is 5.65. The van der Waals surface area contributed by atoms with Crippen molar-refractivity contribution in [3.63, 3.8) is 0 Å². The van der Waals surface area contributed by atoms with Gasteiger partial charge in [-0.2, -0.15) is 13.2 Å². The Labute approximate surface area is 217 Å². The van der Waals surface area contributed by atoms with Crippen molar-refractivity contribution in [2.45, 2.75) is 26.1 Å². The molecule has 1 atom stereocenters. The van der Waals surface area contributed by atoms with Crippen LogP contribution in [0.25, 0.3) is 11.3 Å². The molecule has 38 heavy (non-hydrogen) atoms. The van der Waals surface area contributed by atoms with Crippen LogP contribution in [0.2, 0.25) is 0 Å². The van der Waals surface area contributed by atoms with Gasteiger partial charge in [0, 0.05) is 53.3 Å². The molecule has 2 aromatic carbocycles. The molecular formula is C27H25F3N6O2. The fraction of sp³-hybridized carbons (Fsp3) is 0.185. The second-order valence-corrected chi connectivity index (χ2v) is 8.60. The van der Waals surface area contributed by atoms with Crippen molar-refractivity contribution >= 4 is 28.9 Å². The van der Waals surface area contributed by atoms with Crippen molar-refractivity contribution in [1.82, 2.24) is 15.0 Å². The summed E-state index contributed by atoms with van der Waals surface area (Å²) in [6, 6.07) is 13.7. The fourth-order valence-corrected chi connectivity index (χ4v) is 3.58. The van der Waals surface area contributed by atoms with Gasteiger partial charge in [-0.05, 0) is 67.9 Å². The molecular weight excluding hydrogens is 497 g/mol. The van der Waals surface area contributed by atoms with Gasteiger partial charge in [-0.3, -0.25) is 9.78 Å². The number of alkyl halides is 3. The van der Waals surface area contributed by atoms with Gasteiger partial charge in [-0.25, -0.2) is 9.97 Å². The molecule has 196 valence electrons. The lowest BCUT2D eigenvalue weighted by molar-refractivity contribution is -0.136. The minimum absolute atomic E-state index is 0.0208. The highest BCUT2D eigenvalue weighted by atomic mass is 19.4. The average molecular weight is 523 g/mol. The van der Waals surface area contributed by atoms with Crippen molar-refractivity contribution in [2.75, 3.05) is 22.5 Å². The predicted molar refractivity (Wildman–Crippen MR) is 139 cm³/mol. The Morgan fingerprint density at radius 1 is 1.05 bits per heavy atom. The topological polar surface area (TPSA) is 112 Å². The van der Waals surface area contributed by atoms with Gasteiger partial charge in [0.25, 0.3) is 5.91 Å². The average Bonchev–Trinajstić information content (AvgIpc) is 2.89. The number of hydrogen-bond acceptors (Lipinski definition) is 7. The Kier molecular flexibility index (Phi) is 7.87. The number of aromatic nitrogens is 3. The van der Waals surface area contributed by atoms with Crippen molar-refractivity contribution in [3.05, 3.63) is 89.9 Å². The summed E-state index contributed by atoms with van der Waals surface area (Å²) < 4.78 is 40.8. The van der Waals surface area contributed by atoms with Crippen LogP contribution in [0.1, 0.15) is 28.4 Å². The van der Waals surface area contributed by atoms with Crippen LogP contribution >= 0.6 is 0 Å². The van der Waals surface area contributed by atoms with Crippen LogP contribution in [-0.4, -0.2) is 38.6 Å². The number of hydrogen-bond donors (Lipinski definition) is 4. The third kappa shape index (κ3) is 6.62. The van der Waals surface area contributed by atoms with Gasteiger partial charge >= 0.3 is 6.18 Å². The van der Waals surface area contributed by atoms with E-state index in [0.29, 0.717) is 17.3 Å². The first-order valence-corrected chi connectivity index (χ1v) is 11.7. The highest BCUT2D eigenvalue weighted by Gasteiger charge is 2.34. The molecule has 0 bridgehead atoms. The molecule has 8 nitrogen and oxygen atoms in total. The van der Waals surface area contributed by atoms with E-state index >= 15 is 0 Å². The quantitative estimate of drug-likeness (QED) is 0.236. The number of benzene rings is 2. The first-order valence-electron chi connectivity index (χ1n) is 11.7. The number of carbonyl (C=O) groups excluding carboxylic acids is 1. The number of anilines is 4. The summed E-state index contributed by atoms with van der Waals surface area (Å²) in [5.74, 6) is -0.280. The molecule has 4 aromatic rings. The summed E-state index contributed by atoms with van der Waals surface area (Å²) in [5, 5.41) is 17.6. The largest absolute Gasteiger partial charge is 0.418 e. The number of nitrogens with zero attached hydrogens (tertiary/aromatic N) is 3. The van der Waals surface area contributed by atoms with E-state index in [1.807, 2.05) is 13.0 Å². The number of carbonyl (C=O) groups is 1. The van der Waals surface area contributed by atoms with Gasteiger partial charge in [0.1, 0.15) is 0 Å². The molecule has 0 spiro atoms. The Bertz CT molecular complexity index is 1430. The number of aryl methyl sites for hydroxylation is 1. The van der Waals surface area contributed by atoms with Gasteiger partial charge in [0.2, 0.25) is 5.95 Å². The van der Waals surface area contributed by atoms with Crippen LogP contribution < -0.4 is 16.0 Å². The van der Waals surface area contributed by atoms with Crippen LogP contribution in [0.5, 0.6) is 0 Å². The lowest BCUT2D eigenvalue weighted by atomic mass is 10.1. The van der Waals surface area contributed by atoms with Crippen LogP contribution in [0.4, 0.5) is 36.2 Å². The summed E-state index contributed by atoms with van der Waals surface area (Å²) in [4.78, 5) is 25.8. The third-order valence-corrected chi connectivity index (χ3v) is 5.53. The number of pyridine rings is 1. The number of amides is 1. The first kappa shape index (κ1) is 26.6. The van der Waals surface area contributed by atoms with Crippen molar-refractivity contribution in [1.29, 1.82) is 0 Å². The second kappa shape index (κ2) is 11.3. The van der Waals surface area contributed by atoms with E-state index in [2.05, 4.69) is 30.9 Å². The molecule has 0 aliphatic heterocycles. The lowest BCUT2D eigenvalue weighted by Gasteiger charge is -2.17. The maximum absolute atomic E-state index is 13.6.